The van der Waals surface area contributed by atoms with E-state index in [0.717, 1.165) is 11.4 Å². The monoisotopic (exact) mass is 263 g/mol. The van der Waals surface area contributed by atoms with E-state index in [4.69, 9.17) is 10.5 Å². The Morgan fingerprint density at radius 1 is 1.42 bits per heavy atom. The summed E-state index contributed by atoms with van der Waals surface area (Å²) in [7, 11) is 1.86. The minimum Gasteiger partial charge on any atom is -0.487 e. The van der Waals surface area contributed by atoms with Crippen LogP contribution in [0.15, 0.2) is 24.3 Å². The molecular formula is C14H18FN3O. The van der Waals surface area contributed by atoms with Crippen molar-refractivity contribution in [1.82, 2.24) is 9.78 Å². The van der Waals surface area contributed by atoms with Crippen molar-refractivity contribution in [1.29, 1.82) is 0 Å². The first-order chi connectivity index (χ1) is 8.97. The standard InChI is InChI=1S/C14H18FN3O/c1-9-6-12(18(3)17-9)8-19-14-5-4-11(15)7-13(14)10(2)16/h4-7,10H,8,16H2,1-3H3/t10-/m0/s1. The summed E-state index contributed by atoms with van der Waals surface area (Å²) in [6, 6.07) is 6.07. The van der Waals surface area contributed by atoms with Gasteiger partial charge >= 0.3 is 0 Å². The van der Waals surface area contributed by atoms with Crippen LogP contribution < -0.4 is 10.5 Å². The van der Waals surface area contributed by atoms with Gasteiger partial charge in [0.1, 0.15) is 18.2 Å². The van der Waals surface area contributed by atoms with E-state index in [1.54, 1.807) is 17.7 Å². The highest BCUT2D eigenvalue weighted by atomic mass is 19.1. The molecule has 1 aromatic carbocycles. The molecule has 102 valence electrons. The van der Waals surface area contributed by atoms with Gasteiger partial charge in [-0.05, 0) is 38.1 Å². The number of aryl methyl sites for hydroxylation is 2. The number of halogens is 1. The van der Waals surface area contributed by atoms with E-state index in [1.807, 2.05) is 20.0 Å². The maximum atomic E-state index is 13.2. The molecule has 0 bridgehead atoms. The highest BCUT2D eigenvalue weighted by Gasteiger charge is 2.11. The Morgan fingerprint density at radius 3 is 2.74 bits per heavy atom. The predicted molar refractivity (Wildman–Crippen MR) is 71.3 cm³/mol. The van der Waals surface area contributed by atoms with Crippen molar-refractivity contribution in [3.63, 3.8) is 0 Å². The van der Waals surface area contributed by atoms with Crippen LogP contribution in [0.4, 0.5) is 4.39 Å². The summed E-state index contributed by atoms with van der Waals surface area (Å²) in [4.78, 5) is 0. The summed E-state index contributed by atoms with van der Waals surface area (Å²) in [5.74, 6) is 0.297. The number of benzene rings is 1. The summed E-state index contributed by atoms with van der Waals surface area (Å²) in [5.41, 5.74) is 8.38. The summed E-state index contributed by atoms with van der Waals surface area (Å²) in [6.45, 7) is 4.10. The third-order valence-electron chi connectivity index (χ3n) is 2.94. The summed E-state index contributed by atoms with van der Waals surface area (Å²) in [6.07, 6.45) is 0. The predicted octanol–water partition coefficient (Wildman–Crippen LogP) is 2.47. The SMILES string of the molecule is Cc1cc(COc2ccc(F)cc2[C@H](C)N)n(C)n1. The average molecular weight is 263 g/mol. The third kappa shape index (κ3) is 3.12. The highest BCUT2D eigenvalue weighted by molar-refractivity contribution is 5.36. The molecule has 1 heterocycles. The average Bonchev–Trinajstić information content (AvgIpc) is 2.66. The lowest BCUT2D eigenvalue weighted by Gasteiger charge is -2.14. The molecule has 0 saturated carbocycles. The second-order valence-electron chi connectivity index (χ2n) is 4.66. The van der Waals surface area contributed by atoms with E-state index >= 15 is 0 Å². The minimum absolute atomic E-state index is 0.279. The van der Waals surface area contributed by atoms with E-state index in [-0.39, 0.29) is 11.9 Å². The van der Waals surface area contributed by atoms with Gasteiger partial charge in [-0.3, -0.25) is 4.68 Å². The maximum Gasteiger partial charge on any atom is 0.130 e. The van der Waals surface area contributed by atoms with Crippen LogP contribution in [0.25, 0.3) is 0 Å². The molecule has 0 radical (unpaired) electrons. The van der Waals surface area contributed by atoms with Crippen molar-refractivity contribution in [3.05, 3.63) is 47.0 Å². The summed E-state index contributed by atoms with van der Waals surface area (Å²) >= 11 is 0. The zero-order chi connectivity index (χ0) is 14.0. The van der Waals surface area contributed by atoms with Crippen LogP contribution >= 0.6 is 0 Å². The molecule has 0 aliphatic heterocycles. The Morgan fingerprint density at radius 2 is 2.16 bits per heavy atom. The van der Waals surface area contributed by atoms with Crippen LogP contribution in [0.5, 0.6) is 5.75 Å². The molecular weight excluding hydrogens is 245 g/mol. The lowest BCUT2D eigenvalue weighted by Crippen LogP contribution is -2.09. The maximum absolute atomic E-state index is 13.2. The highest BCUT2D eigenvalue weighted by Crippen LogP contribution is 2.25. The van der Waals surface area contributed by atoms with Gasteiger partial charge in [-0.25, -0.2) is 4.39 Å². The third-order valence-corrected chi connectivity index (χ3v) is 2.94. The second-order valence-corrected chi connectivity index (χ2v) is 4.66. The molecule has 0 spiro atoms. The zero-order valence-electron chi connectivity index (χ0n) is 11.4. The molecule has 0 amide bonds. The lowest BCUT2D eigenvalue weighted by molar-refractivity contribution is 0.290. The van der Waals surface area contributed by atoms with Crippen LogP contribution in [0.2, 0.25) is 0 Å². The van der Waals surface area contributed by atoms with E-state index in [2.05, 4.69) is 5.10 Å². The van der Waals surface area contributed by atoms with Gasteiger partial charge in [-0.2, -0.15) is 5.10 Å². The zero-order valence-corrected chi connectivity index (χ0v) is 11.4. The number of aromatic nitrogens is 2. The van der Waals surface area contributed by atoms with Crippen molar-refractivity contribution >= 4 is 0 Å². The van der Waals surface area contributed by atoms with Crippen molar-refractivity contribution in [2.45, 2.75) is 26.5 Å². The van der Waals surface area contributed by atoms with Crippen LogP contribution in [0, 0.1) is 12.7 Å². The second kappa shape index (κ2) is 5.40. The summed E-state index contributed by atoms with van der Waals surface area (Å²) in [5, 5.41) is 4.25. The van der Waals surface area contributed by atoms with Gasteiger partial charge in [0.25, 0.3) is 0 Å². The molecule has 2 N–H and O–H groups in total. The molecule has 1 atom stereocenters. The van der Waals surface area contributed by atoms with E-state index in [9.17, 15) is 4.39 Å². The molecule has 0 saturated heterocycles. The van der Waals surface area contributed by atoms with Crippen molar-refractivity contribution in [2.75, 3.05) is 0 Å². The van der Waals surface area contributed by atoms with Crippen LogP contribution in [0.1, 0.15) is 29.9 Å². The Kier molecular flexibility index (Phi) is 3.85. The molecule has 0 aliphatic rings. The number of hydrogen-bond acceptors (Lipinski definition) is 3. The van der Waals surface area contributed by atoms with Crippen molar-refractivity contribution in [3.8, 4) is 5.75 Å². The number of rotatable bonds is 4. The molecule has 2 aromatic rings. The van der Waals surface area contributed by atoms with Gasteiger partial charge in [0.2, 0.25) is 0 Å². The first kappa shape index (κ1) is 13.5. The Bertz CT molecular complexity index is 578. The Labute approximate surface area is 112 Å². The molecule has 1 aromatic heterocycles. The normalized spacial score (nSPS) is 12.5. The Balaban J connectivity index is 2.17. The van der Waals surface area contributed by atoms with Gasteiger partial charge < -0.3 is 10.5 Å². The van der Waals surface area contributed by atoms with Gasteiger partial charge in [0, 0.05) is 18.7 Å². The Hall–Kier alpha value is -1.88. The quantitative estimate of drug-likeness (QED) is 0.922. The fourth-order valence-corrected chi connectivity index (χ4v) is 1.96. The topological polar surface area (TPSA) is 53.1 Å². The molecule has 0 unspecified atom stereocenters. The van der Waals surface area contributed by atoms with Gasteiger partial charge in [-0.1, -0.05) is 0 Å². The molecule has 5 heteroatoms. The van der Waals surface area contributed by atoms with E-state index in [0.29, 0.717) is 17.9 Å². The summed E-state index contributed by atoms with van der Waals surface area (Å²) < 4.78 is 20.7. The molecule has 0 fully saturated rings. The first-order valence-corrected chi connectivity index (χ1v) is 6.14. The largest absolute Gasteiger partial charge is 0.487 e. The molecule has 19 heavy (non-hydrogen) atoms. The van der Waals surface area contributed by atoms with Gasteiger partial charge in [0.15, 0.2) is 0 Å². The van der Waals surface area contributed by atoms with Crippen LogP contribution in [-0.4, -0.2) is 9.78 Å². The van der Waals surface area contributed by atoms with Gasteiger partial charge in [-0.15, -0.1) is 0 Å². The number of hydrogen-bond donors (Lipinski definition) is 1. The lowest BCUT2D eigenvalue weighted by atomic mass is 10.1. The molecule has 2 rings (SSSR count). The number of nitrogens with two attached hydrogens (primary N) is 1. The molecule has 0 aliphatic carbocycles. The fraction of sp³-hybridized carbons (Fsp3) is 0.357. The van der Waals surface area contributed by atoms with Crippen molar-refractivity contribution < 1.29 is 9.13 Å². The first-order valence-electron chi connectivity index (χ1n) is 6.14. The minimum atomic E-state index is -0.309. The van der Waals surface area contributed by atoms with Crippen molar-refractivity contribution in [2.24, 2.45) is 12.8 Å². The fourth-order valence-electron chi connectivity index (χ4n) is 1.96. The van der Waals surface area contributed by atoms with Crippen LogP contribution in [0.3, 0.4) is 0 Å². The van der Waals surface area contributed by atoms with Crippen LogP contribution in [-0.2, 0) is 13.7 Å². The van der Waals surface area contributed by atoms with E-state index in [1.165, 1.54) is 12.1 Å². The smallest absolute Gasteiger partial charge is 0.130 e. The number of ether oxygens (including phenoxy) is 1. The molecule has 4 nitrogen and oxygen atoms in total. The van der Waals surface area contributed by atoms with Gasteiger partial charge in [0.05, 0.1) is 11.4 Å². The van der Waals surface area contributed by atoms with E-state index < -0.39 is 0 Å². The number of nitrogens with zero attached hydrogens (tertiary/aromatic N) is 2.